The van der Waals surface area contributed by atoms with Gasteiger partial charge in [-0.1, -0.05) is 17.7 Å². The number of hydrogen-bond acceptors (Lipinski definition) is 3. The van der Waals surface area contributed by atoms with E-state index in [0.29, 0.717) is 41.4 Å². The zero-order chi connectivity index (χ0) is 20.0. The number of carbonyl (C=O) groups excluding carboxylic acids is 2. The molecule has 5 nitrogen and oxygen atoms in total. The number of ether oxygens (including phenoxy) is 1. The van der Waals surface area contributed by atoms with Crippen LogP contribution in [0.25, 0.3) is 0 Å². The quantitative estimate of drug-likeness (QED) is 0.856. The molecule has 0 spiro atoms. The molecule has 2 amide bonds. The van der Waals surface area contributed by atoms with Crippen molar-refractivity contribution in [3.63, 3.8) is 0 Å². The Balaban J connectivity index is 1.71. The molecular weight excluding hydrogens is 383 g/mol. The Labute approximate surface area is 167 Å². The monoisotopic (exact) mass is 402 g/mol. The van der Waals surface area contributed by atoms with Gasteiger partial charge in [-0.2, -0.15) is 0 Å². The Morgan fingerprint density at radius 1 is 1.39 bits per heavy atom. The van der Waals surface area contributed by atoms with E-state index in [1.54, 1.807) is 17.0 Å². The van der Waals surface area contributed by atoms with E-state index in [9.17, 15) is 14.0 Å². The van der Waals surface area contributed by atoms with Crippen molar-refractivity contribution in [1.82, 2.24) is 10.2 Å². The zero-order valence-corrected chi connectivity index (χ0v) is 16.4. The van der Waals surface area contributed by atoms with Gasteiger partial charge in [0, 0.05) is 20.0 Å². The molecule has 2 heterocycles. The lowest BCUT2D eigenvalue weighted by Crippen LogP contribution is -2.28. The van der Waals surface area contributed by atoms with Crippen molar-refractivity contribution >= 4 is 23.4 Å². The molecule has 1 atom stereocenters. The van der Waals surface area contributed by atoms with Crippen molar-refractivity contribution in [2.75, 3.05) is 20.1 Å². The number of rotatable bonds is 3. The maximum Gasteiger partial charge on any atom is 0.257 e. The molecule has 1 saturated heterocycles. The van der Waals surface area contributed by atoms with Crippen molar-refractivity contribution in [3.05, 3.63) is 62.9 Å². The third-order valence-electron chi connectivity index (χ3n) is 5.42. The van der Waals surface area contributed by atoms with Crippen molar-refractivity contribution < 1.29 is 18.7 Å². The molecule has 7 heteroatoms. The van der Waals surface area contributed by atoms with Gasteiger partial charge in [-0.3, -0.25) is 9.59 Å². The van der Waals surface area contributed by atoms with E-state index >= 15 is 0 Å². The number of halogens is 2. The first-order valence-corrected chi connectivity index (χ1v) is 9.55. The molecule has 2 aromatic rings. The van der Waals surface area contributed by atoms with E-state index in [-0.39, 0.29) is 17.6 Å². The highest BCUT2D eigenvalue weighted by molar-refractivity contribution is 6.33. The minimum atomic E-state index is -0.585. The highest BCUT2D eigenvalue weighted by Crippen LogP contribution is 2.39. The Morgan fingerprint density at radius 2 is 2.18 bits per heavy atom. The van der Waals surface area contributed by atoms with E-state index in [1.165, 1.54) is 19.2 Å². The van der Waals surface area contributed by atoms with Crippen LogP contribution in [0.5, 0.6) is 5.75 Å². The largest absolute Gasteiger partial charge is 0.486 e. The topological polar surface area (TPSA) is 58.6 Å². The SMILES string of the molecule is CNC(=O)c1ccc(Cc2cc3c(c(Cl)c2C)O[C@H]2CCN(C2)C3=O)cc1F. The molecule has 28 heavy (non-hydrogen) atoms. The molecule has 4 rings (SSSR count). The molecule has 2 aliphatic heterocycles. The van der Waals surface area contributed by atoms with Crippen LogP contribution >= 0.6 is 11.6 Å². The lowest BCUT2D eigenvalue weighted by Gasteiger charge is -2.20. The van der Waals surface area contributed by atoms with Crippen molar-refractivity contribution in [2.45, 2.75) is 25.9 Å². The molecule has 0 radical (unpaired) electrons. The smallest absolute Gasteiger partial charge is 0.257 e. The maximum absolute atomic E-state index is 14.3. The highest BCUT2D eigenvalue weighted by atomic mass is 35.5. The fraction of sp³-hybridized carbons (Fsp3) is 0.333. The molecule has 2 aliphatic rings. The Hall–Kier alpha value is -2.60. The number of carbonyl (C=O) groups is 2. The second-order valence-electron chi connectivity index (χ2n) is 7.20. The summed E-state index contributed by atoms with van der Waals surface area (Å²) in [4.78, 5) is 26.3. The average Bonchev–Trinajstić information content (AvgIpc) is 3.10. The van der Waals surface area contributed by atoms with Crippen molar-refractivity contribution in [2.24, 2.45) is 0 Å². The van der Waals surface area contributed by atoms with Crippen molar-refractivity contribution in [1.29, 1.82) is 0 Å². The minimum Gasteiger partial charge on any atom is -0.486 e. The van der Waals surface area contributed by atoms with E-state index in [1.807, 2.05) is 6.92 Å². The predicted octanol–water partition coefficient (Wildman–Crippen LogP) is 3.34. The summed E-state index contributed by atoms with van der Waals surface area (Å²) in [5.74, 6) is -0.695. The van der Waals surface area contributed by atoms with Crippen LogP contribution in [-0.2, 0) is 6.42 Å². The summed E-state index contributed by atoms with van der Waals surface area (Å²) >= 11 is 6.55. The lowest BCUT2D eigenvalue weighted by molar-refractivity contribution is 0.0792. The third-order valence-corrected chi connectivity index (χ3v) is 5.88. The van der Waals surface area contributed by atoms with Gasteiger partial charge in [0.15, 0.2) is 5.75 Å². The zero-order valence-electron chi connectivity index (χ0n) is 15.6. The predicted molar refractivity (Wildman–Crippen MR) is 104 cm³/mol. The van der Waals surface area contributed by atoms with Gasteiger partial charge >= 0.3 is 0 Å². The first-order valence-electron chi connectivity index (χ1n) is 9.17. The molecule has 146 valence electrons. The Kier molecular flexibility index (Phi) is 4.75. The molecule has 2 aromatic carbocycles. The number of hydrogen-bond donors (Lipinski definition) is 1. The summed E-state index contributed by atoms with van der Waals surface area (Å²) in [7, 11) is 1.46. The molecule has 0 aliphatic carbocycles. The van der Waals surface area contributed by atoms with Gasteiger partial charge in [0.05, 0.1) is 22.7 Å². The van der Waals surface area contributed by atoms with Gasteiger partial charge in [-0.15, -0.1) is 0 Å². The van der Waals surface area contributed by atoms with Gasteiger partial charge in [0.1, 0.15) is 11.9 Å². The summed E-state index contributed by atoms with van der Waals surface area (Å²) in [5.41, 5.74) is 2.77. The van der Waals surface area contributed by atoms with E-state index in [2.05, 4.69) is 5.32 Å². The molecule has 0 saturated carbocycles. The summed E-state index contributed by atoms with van der Waals surface area (Å²) in [6.07, 6.45) is 1.17. The Morgan fingerprint density at radius 3 is 2.89 bits per heavy atom. The van der Waals surface area contributed by atoms with Crippen LogP contribution in [0, 0.1) is 12.7 Å². The molecular formula is C21H20ClFN2O3. The van der Waals surface area contributed by atoms with E-state index in [0.717, 1.165) is 17.5 Å². The fourth-order valence-electron chi connectivity index (χ4n) is 3.79. The molecule has 1 N–H and O–H groups in total. The molecule has 0 unspecified atom stereocenters. The third kappa shape index (κ3) is 3.11. The summed E-state index contributed by atoms with van der Waals surface area (Å²) in [6, 6.07) is 6.30. The van der Waals surface area contributed by atoms with Gasteiger partial charge in [0.2, 0.25) is 0 Å². The van der Waals surface area contributed by atoms with Crippen molar-refractivity contribution in [3.8, 4) is 5.75 Å². The van der Waals surface area contributed by atoms with Crippen LogP contribution in [0.15, 0.2) is 24.3 Å². The molecule has 1 fully saturated rings. The lowest BCUT2D eigenvalue weighted by atomic mass is 9.96. The maximum atomic E-state index is 14.3. The van der Waals surface area contributed by atoms with Crippen LogP contribution in [-0.4, -0.2) is 43.0 Å². The van der Waals surface area contributed by atoms with Gasteiger partial charge in [-0.25, -0.2) is 4.39 Å². The first kappa shape index (κ1) is 18.7. The first-order chi connectivity index (χ1) is 13.4. The van der Waals surface area contributed by atoms with Crippen LogP contribution < -0.4 is 10.1 Å². The number of nitrogens with one attached hydrogen (secondary N) is 1. The number of fused-ring (bicyclic) bond motifs is 3. The van der Waals surface area contributed by atoms with Gasteiger partial charge < -0.3 is 15.0 Å². The second-order valence-corrected chi connectivity index (χ2v) is 7.58. The number of amides is 2. The summed E-state index contributed by atoms with van der Waals surface area (Å²) < 4.78 is 20.3. The van der Waals surface area contributed by atoms with Gasteiger partial charge in [0.25, 0.3) is 11.8 Å². The number of nitrogens with zero attached hydrogens (tertiary/aromatic N) is 1. The standard InChI is InChI=1S/C21H20ClFN2O3/c1-11-13(7-12-3-4-15(17(23)8-12)20(26)24-2)9-16-19(18(11)22)28-14-5-6-25(10-14)21(16)27/h3-4,8-9,14H,5-7,10H2,1-2H3,(H,24,26)/t14-/m0/s1. The average molecular weight is 403 g/mol. The highest BCUT2D eigenvalue weighted by Gasteiger charge is 2.36. The van der Waals surface area contributed by atoms with Crippen LogP contribution in [0.1, 0.15) is 43.8 Å². The Bertz CT molecular complexity index is 992. The number of benzene rings is 2. The molecule has 2 bridgehead atoms. The van der Waals surface area contributed by atoms with Gasteiger partial charge in [-0.05, 0) is 48.2 Å². The summed E-state index contributed by atoms with van der Waals surface area (Å²) in [5, 5.41) is 2.84. The second kappa shape index (κ2) is 7.09. The normalized spacial score (nSPS) is 17.8. The van der Waals surface area contributed by atoms with Crippen LogP contribution in [0.3, 0.4) is 0 Å². The van der Waals surface area contributed by atoms with Crippen LogP contribution in [0.2, 0.25) is 5.02 Å². The van der Waals surface area contributed by atoms with E-state index in [4.69, 9.17) is 16.3 Å². The fourth-order valence-corrected chi connectivity index (χ4v) is 4.06. The van der Waals surface area contributed by atoms with Crippen LogP contribution in [0.4, 0.5) is 4.39 Å². The molecule has 0 aromatic heterocycles. The minimum absolute atomic E-state index is 0.00432. The summed E-state index contributed by atoms with van der Waals surface area (Å²) in [6.45, 7) is 3.12. The van der Waals surface area contributed by atoms with E-state index < -0.39 is 11.7 Å².